The van der Waals surface area contributed by atoms with Gasteiger partial charge in [-0.25, -0.2) is 0 Å². The van der Waals surface area contributed by atoms with Crippen LogP contribution in [0, 0.1) is 5.41 Å². The minimum Gasteiger partial charge on any atom is -0.349 e. The van der Waals surface area contributed by atoms with Crippen LogP contribution in [0.4, 0.5) is 0 Å². The molecule has 0 saturated heterocycles. The van der Waals surface area contributed by atoms with E-state index in [9.17, 15) is 4.79 Å². The largest absolute Gasteiger partial charge is 0.349 e. The smallest absolute Gasteiger partial charge is 0.221 e. The quantitative estimate of drug-likeness (QED) is 0.831. The van der Waals surface area contributed by atoms with Crippen LogP contribution in [0.5, 0.6) is 0 Å². The summed E-state index contributed by atoms with van der Waals surface area (Å²) in [4.78, 5) is 13.4. The van der Waals surface area contributed by atoms with Gasteiger partial charge in [0.2, 0.25) is 5.91 Å². The molecule has 1 aliphatic rings. The third-order valence-electron chi connectivity index (χ3n) is 4.28. The molecule has 0 spiro atoms. The summed E-state index contributed by atoms with van der Waals surface area (Å²) in [5.74, 6) is 0.106. The lowest BCUT2D eigenvalue weighted by atomic mass is 9.71. The van der Waals surface area contributed by atoms with Crippen LogP contribution in [0.25, 0.3) is 0 Å². The van der Waals surface area contributed by atoms with Gasteiger partial charge < -0.3 is 11.1 Å². The van der Waals surface area contributed by atoms with Gasteiger partial charge in [-0.1, -0.05) is 30.9 Å². The predicted octanol–water partition coefficient (Wildman–Crippen LogP) is 4.30. The minimum atomic E-state index is 0. The summed E-state index contributed by atoms with van der Waals surface area (Å²) in [6, 6.07) is 3.85. The van der Waals surface area contributed by atoms with Crippen LogP contribution in [0.2, 0.25) is 4.34 Å². The third-order valence-corrected chi connectivity index (χ3v) is 5.69. The summed E-state index contributed by atoms with van der Waals surface area (Å²) in [6.45, 7) is 2.61. The second kappa shape index (κ2) is 8.37. The molecular weight excluding hydrogens is 327 g/mol. The van der Waals surface area contributed by atoms with Gasteiger partial charge in [-0.05, 0) is 43.9 Å². The van der Waals surface area contributed by atoms with Crippen molar-refractivity contribution in [2.75, 3.05) is 6.54 Å². The molecule has 1 amide bonds. The van der Waals surface area contributed by atoms with Crippen LogP contribution in [0.3, 0.4) is 0 Å². The topological polar surface area (TPSA) is 55.1 Å². The van der Waals surface area contributed by atoms with E-state index in [1.165, 1.54) is 30.6 Å². The lowest BCUT2D eigenvalue weighted by molar-refractivity contribution is -0.124. The van der Waals surface area contributed by atoms with E-state index in [4.69, 9.17) is 17.3 Å². The number of rotatable bonds is 5. The highest BCUT2D eigenvalue weighted by atomic mass is 35.5. The van der Waals surface area contributed by atoms with Gasteiger partial charge in [-0.15, -0.1) is 23.7 Å². The summed E-state index contributed by atoms with van der Waals surface area (Å²) in [6.07, 6.45) is 6.37. The number of hydrogen-bond donors (Lipinski definition) is 2. The average molecular weight is 351 g/mol. The zero-order valence-corrected chi connectivity index (χ0v) is 14.8. The molecule has 2 rings (SSSR count). The molecule has 1 saturated carbocycles. The fraction of sp³-hybridized carbons (Fsp3) is 0.667. The Hall–Kier alpha value is -0.290. The van der Waals surface area contributed by atoms with E-state index in [0.717, 1.165) is 22.1 Å². The van der Waals surface area contributed by atoms with Crippen LogP contribution in [0.15, 0.2) is 12.1 Å². The maximum Gasteiger partial charge on any atom is 0.221 e. The number of nitrogens with two attached hydrogens (primary N) is 1. The van der Waals surface area contributed by atoms with Crippen LogP contribution in [0.1, 0.15) is 56.4 Å². The summed E-state index contributed by atoms with van der Waals surface area (Å²) in [5.41, 5.74) is 5.96. The first-order chi connectivity index (χ1) is 9.54. The van der Waals surface area contributed by atoms with E-state index in [1.807, 2.05) is 19.1 Å². The van der Waals surface area contributed by atoms with Gasteiger partial charge in [0.1, 0.15) is 0 Å². The van der Waals surface area contributed by atoms with E-state index < -0.39 is 0 Å². The molecule has 21 heavy (non-hydrogen) atoms. The van der Waals surface area contributed by atoms with E-state index in [0.29, 0.717) is 13.0 Å². The van der Waals surface area contributed by atoms with Crippen molar-refractivity contribution >= 4 is 41.3 Å². The number of amides is 1. The Morgan fingerprint density at radius 3 is 2.62 bits per heavy atom. The van der Waals surface area contributed by atoms with Gasteiger partial charge in [-0.3, -0.25) is 4.79 Å². The van der Waals surface area contributed by atoms with Gasteiger partial charge in [0.15, 0.2) is 0 Å². The standard InChI is InChI=1S/C15H23ClN2OS.ClH/c1-11(12-5-6-13(16)20-12)18-14(19)9-15(10-17)7-3-2-4-8-15;/h5-6,11H,2-4,7-10,17H2,1H3,(H,18,19);1H. The Kier molecular flexibility index (Phi) is 7.48. The zero-order chi connectivity index (χ0) is 14.6. The van der Waals surface area contributed by atoms with Gasteiger partial charge in [0.25, 0.3) is 0 Å². The number of halogens is 2. The highest BCUT2D eigenvalue weighted by molar-refractivity contribution is 7.16. The molecule has 1 unspecified atom stereocenters. The maximum absolute atomic E-state index is 12.3. The summed E-state index contributed by atoms with van der Waals surface area (Å²) >= 11 is 7.45. The summed E-state index contributed by atoms with van der Waals surface area (Å²) in [7, 11) is 0. The molecule has 0 aromatic carbocycles. The van der Waals surface area contributed by atoms with Crippen LogP contribution >= 0.6 is 35.3 Å². The van der Waals surface area contributed by atoms with Crippen molar-refractivity contribution in [3.63, 3.8) is 0 Å². The number of carbonyl (C=O) groups excluding carboxylic acids is 1. The van der Waals surface area contributed by atoms with Gasteiger partial charge >= 0.3 is 0 Å². The fourth-order valence-corrected chi connectivity index (χ4v) is 4.08. The van der Waals surface area contributed by atoms with Gasteiger partial charge in [-0.2, -0.15) is 0 Å². The predicted molar refractivity (Wildman–Crippen MR) is 92.3 cm³/mol. The summed E-state index contributed by atoms with van der Waals surface area (Å²) in [5, 5.41) is 3.07. The molecule has 1 fully saturated rings. The molecule has 3 N–H and O–H groups in total. The van der Waals surface area contributed by atoms with Crippen molar-refractivity contribution in [1.29, 1.82) is 0 Å². The van der Waals surface area contributed by atoms with Crippen molar-refractivity contribution in [3.8, 4) is 0 Å². The van der Waals surface area contributed by atoms with Crippen molar-refractivity contribution in [1.82, 2.24) is 5.32 Å². The maximum atomic E-state index is 12.3. The van der Waals surface area contributed by atoms with Gasteiger partial charge in [0, 0.05) is 11.3 Å². The molecule has 1 heterocycles. The number of thiophene rings is 1. The second-order valence-corrected chi connectivity index (χ2v) is 7.62. The van der Waals surface area contributed by atoms with E-state index >= 15 is 0 Å². The van der Waals surface area contributed by atoms with Crippen LogP contribution in [-0.2, 0) is 4.79 Å². The first-order valence-electron chi connectivity index (χ1n) is 7.29. The lowest BCUT2D eigenvalue weighted by Crippen LogP contribution is -2.39. The van der Waals surface area contributed by atoms with Crippen molar-refractivity contribution in [3.05, 3.63) is 21.3 Å². The number of hydrogen-bond acceptors (Lipinski definition) is 3. The second-order valence-electron chi connectivity index (χ2n) is 5.87. The van der Waals surface area contributed by atoms with E-state index in [-0.39, 0.29) is 29.8 Å². The molecule has 0 radical (unpaired) electrons. The highest BCUT2D eigenvalue weighted by Gasteiger charge is 2.33. The molecule has 1 aromatic rings. The normalized spacial score (nSPS) is 18.6. The minimum absolute atomic E-state index is 0. The summed E-state index contributed by atoms with van der Waals surface area (Å²) < 4.78 is 0.756. The molecular formula is C15H24Cl2N2OS. The lowest BCUT2D eigenvalue weighted by Gasteiger charge is -2.35. The van der Waals surface area contributed by atoms with Crippen LogP contribution < -0.4 is 11.1 Å². The zero-order valence-electron chi connectivity index (χ0n) is 12.4. The fourth-order valence-electron chi connectivity index (χ4n) is 3.02. The van der Waals surface area contributed by atoms with Crippen molar-refractivity contribution < 1.29 is 4.79 Å². The molecule has 1 aliphatic carbocycles. The Morgan fingerprint density at radius 2 is 2.10 bits per heavy atom. The molecule has 1 aromatic heterocycles. The Bertz CT molecular complexity index is 458. The first-order valence-corrected chi connectivity index (χ1v) is 8.49. The number of carbonyl (C=O) groups is 1. The highest BCUT2D eigenvalue weighted by Crippen LogP contribution is 2.38. The Morgan fingerprint density at radius 1 is 1.43 bits per heavy atom. The van der Waals surface area contributed by atoms with E-state index in [1.54, 1.807) is 0 Å². The monoisotopic (exact) mass is 350 g/mol. The molecule has 6 heteroatoms. The Labute approximate surface area is 142 Å². The Balaban J connectivity index is 0.00000220. The van der Waals surface area contributed by atoms with E-state index in [2.05, 4.69) is 5.32 Å². The van der Waals surface area contributed by atoms with Gasteiger partial charge in [0.05, 0.1) is 10.4 Å². The SMILES string of the molecule is CC(NC(=O)CC1(CN)CCCCC1)c1ccc(Cl)s1.Cl. The number of nitrogens with one attached hydrogen (secondary N) is 1. The molecule has 120 valence electrons. The first kappa shape index (κ1) is 18.8. The third kappa shape index (κ3) is 5.13. The average Bonchev–Trinajstić information content (AvgIpc) is 2.86. The van der Waals surface area contributed by atoms with Crippen molar-refractivity contribution in [2.45, 2.75) is 51.5 Å². The van der Waals surface area contributed by atoms with Crippen LogP contribution in [-0.4, -0.2) is 12.5 Å². The molecule has 1 atom stereocenters. The van der Waals surface area contributed by atoms with Crippen molar-refractivity contribution in [2.24, 2.45) is 11.1 Å². The molecule has 0 aliphatic heterocycles. The molecule has 0 bridgehead atoms. The molecule has 3 nitrogen and oxygen atoms in total.